The minimum Gasteiger partial charge on any atom is -0.273 e. The topological polar surface area (TPSA) is 59.3 Å². The first-order valence-corrected chi connectivity index (χ1v) is 6.55. The third-order valence-corrected chi connectivity index (χ3v) is 3.09. The molecule has 0 aliphatic carbocycles. The van der Waals surface area contributed by atoms with E-state index in [1.807, 2.05) is 31.5 Å². The van der Waals surface area contributed by atoms with Gasteiger partial charge in [-0.15, -0.1) is 0 Å². The number of rotatable bonds is 4. The van der Waals surface area contributed by atoms with Crippen molar-refractivity contribution in [1.29, 1.82) is 0 Å². The second-order valence-corrected chi connectivity index (χ2v) is 5.88. The van der Waals surface area contributed by atoms with E-state index in [-0.39, 0.29) is 11.3 Å². The first-order chi connectivity index (χ1) is 8.70. The predicted octanol–water partition coefficient (Wildman–Crippen LogP) is 2.43. The molecule has 0 bridgehead atoms. The number of aromatic nitrogens is 2. The minimum absolute atomic E-state index is 0.0248. The molecule has 0 spiro atoms. The molecule has 0 saturated heterocycles. The van der Waals surface area contributed by atoms with Gasteiger partial charge in [-0.2, -0.15) is 10.2 Å². The number of nitrogens with zero attached hydrogens (tertiary/aromatic N) is 3. The summed E-state index contributed by atoms with van der Waals surface area (Å²) in [5.74, 6) is -0.0869. The summed E-state index contributed by atoms with van der Waals surface area (Å²) in [4.78, 5) is 11.7. The number of carbonyl (C=O) groups excluding carboxylic acids is 1. The third-order valence-electron chi connectivity index (χ3n) is 3.09. The van der Waals surface area contributed by atoms with E-state index in [0.717, 1.165) is 17.1 Å². The summed E-state index contributed by atoms with van der Waals surface area (Å²) in [6.07, 6.45) is 0.378. The van der Waals surface area contributed by atoms with Crippen LogP contribution in [0.2, 0.25) is 0 Å². The lowest BCUT2D eigenvalue weighted by molar-refractivity contribution is -0.121. The van der Waals surface area contributed by atoms with Crippen LogP contribution < -0.4 is 5.43 Å². The molecule has 0 unspecified atom stereocenters. The fraction of sp³-hybridized carbons (Fsp3) is 0.643. The molecule has 106 valence electrons. The molecule has 1 heterocycles. The van der Waals surface area contributed by atoms with Gasteiger partial charge < -0.3 is 0 Å². The Balaban J connectivity index is 2.47. The van der Waals surface area contributed by atoms with Crippen molar-refractivity contribution in [2.75, 3.05) is 0 Å². The molecular weight excluding hydrogens is 240 g/mol. The van der Waals surface area contributed by atoms with Crippen LogP contribution in [0.25, 0.3) is 0 Å². The molecule has 19 heavy (non-hydrogen) atoms. The maximum atomic E-state index is 11.7. The van der Waals surface area contributed by atoms with Crippen molar-refractivity contribution in [3.8, 4) is 0 Å². The first-order valence-electron chi connectivity index (χ1n) is 6.55. The van der Waals surface area contributed by atoms with Crippen molar-refractivity contribution in [3.05, 3.63) is 17.5 Å². The Morgan fingerprint density at radius 2 is 2.05 bits per heavy atom. The Hall–Kier alpha value is -1.65. The molecule has 5 heteroatoms. The van der Waals surface area contributed by atoms with Crippen LogP contribution in [0.3, 0.4) is 0 Å². The van der Waals surface area contributed by atoms with E-state index in [0.29, 0.717) is 13.0 Å². The van der Waals surface area contributed by atoms with Gasteiger partial charge in [-0.05, 0) is 26.8 Å². The summed E-state index contributed by atoms with van der Waals surface area (Å²) in [5, 5.41) is 8.44. The largest absolute Gasteiger partial charge is 0.273 e. The molecule has 1 rings (SSSR count). The van der Waals surface area contributed by atoms with Crippen molar-refractivity contribution in [1.82, 2.24) is 15.2 Å². The quantitative estimate of drug-likeness (QED) is 0.670. The van der Waals surface area contributed by atoms with Crippen LogP contribution in [0.4, 0.5) is 0 Å². The van der Waals surface area contributed by atoms with Crippen molar-refractivity contribution in [2.45, 2.75) is 54.5 Å². The summed E-state index contributed by atoms with van der Waals surface area (Å²) in [7, 11) is 0. The van der Waals surface area contributed by atoms with E-state index in [1.54, 1.807) is 0 Å². The van der Waals surface area contributed by atoms with Gasteiger partial charge in [0, 0.05) is 23.2 Å². The summed E-state index contributed by atoms with van der Waals surface area (Å²) >= 11 is 0. The Labute approximate surface area is 115 Å². The number of hydrogen-bond donors (Lipinski definition) is 1. The van der Waals surface area contributed by atoms with Crippen LogP contribution in [-0.2, 0) is 11.3 Å². The molecule has 0 aromatic carbocycles. The highest BCUT2D eigenvalue weighted by molar-refractivity contribution is 5.88. The number of carbonyl (C=O) groups is 1. The zero-order chi connectivity index (χ0) is 14.6. The number of aryl methyl sites for hydroxylation is 3. The zero-order valence-electron chi connectivity index (χ0n) is 12.7. The van der Waals surface area contributed by atoms with Crippen LogP contribution in [0, 0.1) is 19.3 Å². The van der Waals surface area contributed by atoms with Gasteiger partial charge in [0.1, 0.15) is 0 Å². The van der Waals surface area contributed by atoms with Crippen LogP contribution in [0.5, 0.6) is 0 Å². The monoisotopic (exact) mass is 264 g/mol. The van der Waals surface area contributed by atoms with Gasteiger partial charge in [0.25, 0.3) is 0 Å². The van der Waals surface area contributed by atoms with Gasteiger partial charge in [0.2, 0.25) is 5.91 Å². The SMILES string of the molecule is CC(=NNC(=O)CCn1nc(C)cc1C)C(C)(C)C. The number of nitrogens with one attached hydrogen (secondary N) is 1. The lowest BCUT2D eigenvalue weighted by Gasteiger charge is -2.17. The van der Waals surface area contributed by atoms with Crippen LogP contribution in [0.15, 0.2) is 11.2 Å². The van der Waals surface area contributed by atoms with E-state index in [4.69, 9.17) is 0 Å². The normalized spacial score (nSPS) is 12.6. The molecule has 1 aromatic rings. The number of amides is 1. The number of hydrogen-bond acceptors (Lipinski definition) is 3. The lowest BCUT2D eigenvalue weighted by atomic mass is 9.91. The molecule has 1 N–H and O–H groups in total. The molecule has 0 saturated carbocycles. The Bertz CT molecular complexity index is 480. The molecule has 1 aromatic heterocycles. The molecule has 0 aliphatic heterocycles. The van der Waals surface area contributed by atoms with Crippen molar-refractivity contribution in [3.63, 3.8) is 0 Å². The summed E-state index contributed by atoms with van der Waals surface area (Å²) in [6, 6.07) is 2.00. The first kappa shape index (κ1) is 15.4. The van der Waals surface area contributed by atoms with Crippen molar-refractivity contribution < 1.29 is 4.79 Å². The standard InChI is InChI=1S/C14H24N4O/c1-10-9-11(2)18(17-10)8-7-13(19)16-15-12(3)14(4,5)6/h9H,7-8H2,1-6H3,(H,16,19). The van der Waals surface area contributed by atoms with Crippen molar-refractivity contribution >= 4 is 11.6 Å². The predicted molar refractivity (Wildman–Crippen MR) is 77.0 cm³/mol. The molecule has 5 nitrogen and oxygen atoms in total. The van der Waals surface area contributed by atoms with E-state index in [9.17, 15) is 4.79 Å². The Morgan fingerprint density at radius 1 is 1.42 bits per heavy atom. The average molecular weight is 264 g/mol. The fourth-order valence-electron chi connectivity index (χ4n) is 1.48. The van der Waals surface area contributed by atoms with Crippen molar-refractivity contribution in [2.24, 2.45) is 10.5 Å². The van der Waals surface area contributed by atoms with Crippen LogP contribution >= 0.6 is 0 Å². The maximum Gasteiger partial charge on any atom is 0.241 e. The lowest BCUT2D eigenvalue weighted by Crippen LogP contribution is -2.25. The highest BCUT2D eigenvalue weighted by Crippen LogP contribution is 2.14. The van der Waals surface area contributed by atoms with E-state index in [1.165, 1.54) is 0 Å². The number of hydrazone groups is 1. The second-order valence-electron chi connectivity index (χ2n) is 5.88. The minimum atomic E-state index is -0.0869. The Morgan fingerprint density at radius 3 is 2.53 bits per heavy atom. The zero-order valence-corrected chi connectivity index (χ0v) is 12.7. The highest BCUT2D eigenvalue weighted by Gasteiger charge is 2.14. The van der Waals surface area contributed by atoms with Gasteiger partial charge in [-0.1, -0.05) is 20.8 Å². The van der Waals surface area contributed by atoms with Gasteiger partial charge in [-0.25, -0.2) is 5.43 Å². The Kier molecular flexibility index (Phi) is 4.86. The van der Waals surface area contributed by atoms with E-state index >= 15 is 0 Å². The fourth-order valence-corrected chi connectivity index (χ4v) is 1.48. The molecular formula is C14H24N4O. The van der Waals surface area contributed by atoms with Crippen LogP contribution in [-0.4, -0.2) is 21.4 Å². The smallest absolute Gasteiger partial charge is 0.241 e. The average Bonchev–Trinajstić information content (AvgIpc) is 2.60. The summed E-state index contributed by atoms with van der Waals surface area (Å²) < 4.78 is 1.84. The molecule has 0 radical (unpaired) electrons. The van der Waals surface area contributed by atoms with Gasteiger partial charge in [0.05, 0.1) is 12.2 Å². The molecule has 1 amide bonds. The third kappa shape index (κ3) is 4.85. The van der Waals surface area contributed by atoms with Gasteiger partial charge in [0.15, 0.2) is 0 Å². The van der Waals surface area contributed by atoms with Crippen LogP contribution in [0.1, 0.15) is 45.5 Å². The van der Waals surface area contributed by atoms with Gasteiger partial charge >= 0.3 is 0 Å². The summed E-state index contributed by atoms with van der Waals surface area (Å²) in [5.41, 5.74) is 5.52. The van der Waals surface area contributed by atoms with E-state index < -0.39 is 0 Å². The highest BCUT2D eigenvalue weighted by atomic mass is 16.2. The van der Waals surface area contributed by atoms with Gasteiger partial charge in [-0.3, -0.25) is 9.48 Å². The molecule has 0 atom stereocenters. The molecule has 0 aliphatic rings. The maximum absolute atomic E-state index is 11.7. The van der Waals surface area contributed by atoms with E-state index in [2.05, 4.69) is 36.4 Å². The second kappa shape index (κ2) is 5.99. The molecule has 0 fully saturated rings. The summed E-state index contributed by atoms with van der Waals surface area (Å²) in [6.45, 7) is 12.6.